The van der Waals surface area contributed by atoms with E-state index in [0.29, 0.717) is 0 Å². The first-order chi connectivity index (χ1) is 9.97. The molecule has 21 heavy (non-hydrogen) atoms. The van der Waals surface area contributed by atoms with Crippen molar-refractivity contribution in [1.29, 1.82) is 0 Å². The molecule has 6 heteroatoms. The second-order valence-corrected chi connectivity index (χ2v) is 4.55. The van der Waals surface area contributed by atoms with Gasteiger partial charge in [0.1, 0.15) is 0 Å². The van der Waals surface area contributed by atoms with Crippen molar-refractivity contribution in [2.75, 3.05) is 0 Å². The number of aryl methyl sites for hydroxylation is 1. The lowest BCUT2D eigenvalue weighted by Crippen LogP contribution is -2.38. The zero-order valence-corrected chi connectivity index (χ0v) is 11.4. The summed E-state index contributed by atoms with van der Waals surface area (Å²) in [6.07, 6.45) is 3.95. The molecular formula is C15H14N2O4. The summed E-state index contributed by atoms with van der Waals surface area (Å²) in [4.78, 5) is 34.0. The number of rotatable bonds is 4. The average molecular weight is 286 g/mol. The lowest BCUT2D eigenvalue weighted by Gasteiger charge is -2.06. The number of hydrogen-bond donors (Lipinski definition) is 1. The molecule has 108 valence electrons. The third-order valence-corrected chi connectivity index (χ3v) is 2.98. The maximum absolute atomic E-state index is 11.9. The monoisotopic (exact) mass is 286 g/mol. The van der Waals surface area contributed by atoms with Gasteiger partial charge in [0.05, 0.1) is 6.54 Å². The summed E-state index contributed by atoms with van der Waals surface area (Å²) in [6, 6.07) is 8.30. The second-order valence-electron chi connectivity index (χ2n) is 4.55. The molecule has 0 aliphatic heterocycles. The molecule has 0 aliphatic rings. The van der Waals surface area contributed by atoms with Gasteiger partial charge in [-0.2, -0.15) is 0 Å². The number of carboxylic acids is 1. The van der Waals surface area contributed by atoms with E-state index in [9.17, 15) is 14.4 Å². The van der Waals surface area contributed by atoms with Gasteiger partial charge in [-0.25, -0.2) is 9.59 Å². The maximum Gasteiger partial charge on any atom is 0.331 e. The van der Waals surface area contributed by atoms with Gasteiger partial charge in [-0.05, 0) is 17.2 Å². The minimum absolute atomic E-state index is 0.176. The quantitative estimate of drug-likeness (QED) is 0.839. The molecule has 0 amide bonds. The molecule has 1 N–H and O–H groups in total. The zero-order chi connectivity index (χ0) is 15.4. The Kier molecular flexibility index (Phi) is 4.18. The van der Waals surface area contributed by atoms with E-state index in [1.54, 1.807) is 31.3 Å². The van der Waals surface area contributed by atoms with Crippen LogP contribution < -0.4 is 11.2 Å². The summed E-state index contributed by atoms with van der Waals surface area (Å²) < 4.78 is 2.48. The highest BCUT2D eigenvalue weighted by Gasteiger charge is 2.03. The molecule has 0 unspecified atom stereocenters. The summed E-state index contributed by atoms with van der Waals surface area (Å²) >= 11 is 0. The summed E-state index contributed by atoms with van der Waals surface area (Å²) in [5.74, 6) is -1.02. The Morgan fingerprint density at radius 2 is 1.86 bits per heavy atom. The van der Waals surface area contributed by atoms with Crippen LogP contribution in [0.4, 0.5) is 0 Å². The summed E-state index contributed by atoms with van der Waals surface area (Å²) in [5, 5.41) is 8.55. The fraction of sp³-hybridized carbons (Fsp3) is 0.133. The minimum Gasteiger partial charge on any atom is -0.478 e. The van der Waals surface area contributed by atoms with Crippen molar-refractivity contribution in [2.24, 2.45) is 7.05 Å². The van der Waals surface area contributed by atoms with E-state index in [4.69, 9.17) is 5.11 Å². The molecule has 0 atom stereocenters. The first-order valence-electron chi connectivity index (χ1n) is 6.24. The Morgan fingerprint density at radius 3 is 2.48 bits per heavy atom. The average Bonchev–Trinajstić information content (AvgIpc) is 2.47. The first kappa shape index (κ1) is 14.5. The molecule has 0 saturated heterocycles. The van der Waals surface area contributed by atoms with E-state index < -0.39 is 5.97 Å². The summed E-state index contributed by atoms with van der Waals surface area (Å²) in [7, 11) is 1.58. The van der Waals surface area contributed by atoms with Crippen molar-refractivity contribution < 1.29 is 9.90 Å². The van der Waals surface area contributed by atoms with Gasteiger partial charge >= 0.3 is 11.7 Å². The topological polar surface area (TPSA) is 81.3 Å². The van der Waals surface area contributed by atoms with E-state index in [2.05, 4.69) is 0 Å². The molecule has 0 spiro atoms. The van der Waals surface area contributed by atoms with E-state index in [1.807, 2.05) is 0 Å². The van der Waals surface area contributed by atoms with Crippen LogP contribution in [0.1, 0.15) is 11.1 Å². The van der Waals surface area contributed by atoms with Crippen LogP contribution in [0.5, 0.6) is 0 Å². The molecule has 0 aliphatic carbocycles. The number of carboxylic acid groups (broad SMARTS) is 1. The van der Waals surface area contributed by atoms with Crippen LogP contribution in [0.2, 0.25) is 0 Å². The van der Waals surface area contributed by atoms with Crippen molar-refractivity contribution in [2.45, 2.75) is 6.54 Å². The van der Waals surface area contributed by atoms with E-state index in [0.717, 1.165) is 21.8 Å². The smallest absolute Gasteiger partial charge is 0.331 e. The Bertz CT molecular complexity index is 798. The van der Waals surface area contributed by atoms with Gasteiger partial charge in [0.25, 0.3) is 5.56 Å². The lowest BCUT2D eigenvalue weighted by molar-refractivity contribution is -0.131. The van der Waals surface area contributed by atoms with Gasteiger partial charge in [0, 0.05) is 25.4 Å². The standard InChI is InChI=1S/C15H14N2O4/c1-16-9-8-13(18)17(15(16)21)10-12-4-2-11(3-5-12)6-7-14(19)20/h2-9H,10H2,1H3,(H,19,20). The van der Waals surface area contributed by atoms with E-state index in [-0.39, 0.29) is 17.8 Å². The Morgan fingerprint density at radius 1 is 1.19 bits per heavy atom. The first-order valence-corrected chi connectivity index (χ1v) is 6.24. The molecule has 1 heterocycles. The number of nitrogens with zero attached hydrogens (tertiary/aromatic N) is 2. The number of benzene rings is 1. The van der Waals surface area contributed by atoms with Crippen LogP contribution in [-0.4, -0.2) is 20.2 Å². The van der Waals surface area contributed by atoms with Gasteiger partial charge < -0.3 is 9.67 Å². The number of carbonyl (C=O) groups is 1. The maximum atomic E-state index is 11.9. The molecular weight excluding hydrogens is 272 g/mol. The van der Waals surface area contributed by atoms with Crippen LogP contribution in [-0.2, 0) is 18.4 Å². The SMILES string of the molecule is Cn1ccc(=O)n(Cc2ccc(C=CC(=O)O)cc2)c1=O. The Hall–Kier alpha value is -2.89. The predicted molar refractivity (Wildman–Crippen MR) is 78.2 cm³/mol. The van der Waals surface area contributed by atoms with Crippen molar-refractivity contribution in [3.63, 3.8) is 0 Å². The van der Waals surface area contributed by atoms with Gasteiger partial charge in [-0.3, -0.25) is 9.36 Å². The highest BCUT2D eigenvalue weighted by atomic mass is 16.4. The normalized spacial score (nSPS) is 10.9. The van der Waals surface area contributed by atoms with Gasteiger partial charge in [0.2, 0.25) is 0 Å². The van der Waals surface area contributed by atoms with Gasteiger partial charge in [-0.15, -0.1) is 0 Å². The Balaban J connectivity index is 2.26. The third kappa shape index (κ3) is 3.56. The van der Waals surface area contributed by atoms with Crippen LogP contribution >= 0.6 is 0 Å². The van der Waals surface area contributed by atoms with Crippen molar-refractivity contribution in [3.05, 3.63) is 74.6 Å². The van der Waals surface area contributed by atoms with Crippen LogP contribution in [0.3, 0.4) is 0 Å². The molecule has 0 fully saturated rings. The fourth-order valence-electron chi connectivity index (χ4n) is 1.84. The van der Waals surface area contributed by atoms with Gasteiger partial charge in [0.15, 0.2) is 0 Å². The zero-order valence-electron chi connectivity index (χ0n) is 11.4. The fourth-order valence-corrected chi connectivity index (χ4v) is 1.84. The largest absolute Gasteiger partial charge is 0.478 e. The third-order valence-electron chi connectivity index (χ3n) is 2.98. The highest BCUT2D eigenvalue weighted by Crippen LogP contribution is 2.06. The molecule has 2 rings (SSSR count). The van der Waals surface area contributed by atoms with Crippen molar-refractivity contribution >= 4 is 12.0 Å². The minimum atomic E-state index is -1.02. The lowest BCUT2D eigenvalue weighted by atomic mass is 10.1. The van der Waals surface area contributed by atoms with Gasteiger partial charge in [-0.1, -0.05) is 24.3 Å². The summed E-state index contributed by atoms with van der Waals surface area (Å²) in [6.45, 7) is 0.176. The number of aliphatic carboxylic acids is 1. The van der Waals surface area contributed by atoms with Crippen LogP contribution in [0.25, 0.3) is 6.08 Å². The molecule has 2 aromatic rings. The highest BCUT2D eigenvalue weighted by molar-refractivity contribution is 5.85. The van der Waals surface area contributed by atoms with Crippen LogP contribution in [0.15, 0.2) is 52.2 Å². The van der Waals surface area contributed by atoms with Crippen molar-refractivity contribution in [3.8, 4) is 0 Å². The summed E-state index contributed by atoms with van der Waals surface area (Å²) in [5.41, 5.74) is 0.785. The van der Waals surface area contributed by atoms with E-state index >= 15 is 0 Å². The molecule has 0 saturated carbocycles. The van der Waals surface area contributed by atoms with Crippen LogP contribution in [0, 0.1) is 0 Å². The van der Waals surface area contributed by atoms with Crippen molar-refractivity contribution in [1.82, 2.24) is 9.13 Å². The number of hydrogen-bond acceptors (Lipinski definition) is 3. The predicted octanol–water partition coefficient (Wildman–Crippen LogP) is 0.693. The molecule has 1 aromatic carbocycles. The molecule has 6 nitrogen and oxygen atoms in total. The molecule has 1 aromatic heterocycles. The number of aromatic nitrogens is 2. The molecule has 0 bridgehead atoms. The molecule has 0 radical (unpaired) electrons. The van der Waals surface area contributed by atoms with E-state index in [1.165, 1.54) is 22.9 Å². The Labute approximate surface area is 120 Å². The second kappa shape index (κ2) is 6.04.